The summed E-state index contributed by atoms with van der Waals surface area (Å²) in [5, 5.41) is 0. The van der Waals surface area contributed by atoms with Gasteiger partial charge in [0.15, 0.2) is 0 Å². The van der Waals surface area contributed by atoms with Crippen molar-refractivity contribution >= 4 is 5.91 Å². The number of nitrogens with zero attached hydrogens (tertiary/aromatic N) is 3. The van der Waals surface area contributed by atoms with Crippen LogP contribution in [0.2, 0.25) is 0 Å². The molecule has 3 rings (SSSR count). The molecule has 1 atom stereocenters. The number of carbonyl (C=O) groups is 1. The average Bonchev–Trinajstić information content (AvgIpc) is 2.62. The lowest BCUT2D eigenvalue weighted by Crippen LogP contribution is -2.42. The Kier molecular flexibility index (Phi) is 5.05. The summed E-state index contributed by atoms with van der Waals surface area (Å²) in [6, 6.07) is 7.25. The summed E-state index contributed by atoms with van der Waals surface area (Å²) in [5.41, 5.74) is 1.39. The third-order valence-corrected chi connectivity index (χ3v) is 3.74. The standard InChI is InChI=1S/C18H21N3O3/c1-13(2)24-15-5-3-14(4-6-15)18(22)21-9-10-23-17(12-21)16-11-19-7-8-20-16/h3-8,11,13,17H,9-10,12H2,1-2H3/t17-/m1/s1. The molecule has 1 aromatic heterocycles. The Labute approximate surface area is 141 Å². The van der Waals surface area contributed by atoms with Gasteiger partial charge in [-0.2, -0.15) is 0 Å². The van der Waals surface area contributed by atoms with Crippen molar-refractivity contribution < 1.29 is 14.3 Å². The van der Waals surface area contributed by atoms with Gasteiger partial charge in [0.25, 0.3) is 5.91 Å². The van der Waals surface area contributed by atoms with E-state index in [9.17, 15) is 4.79 Å². The van der Waals surface area contributed by atoms with Crippen molar-refractivity contribution in [1.82, 2.24) is 14.9 Å². The summed E-state index contributed by atoms with van der Waals surface area (Å²) in [7, 11) is 0. The average molecular weight is 327 g/mol. The highest BCUT2D eigenvalue weighted by Gasteiger charge is 2.27. The van der Waals surface area contributed by atoms with Crippen molar-refractivity contribution in [2.24, 2.45) is 0 Å². The maximum atomic E-state index is 12.7. The number of aromatic nitrogens is 2. The molecule has 1 amide bonds. The second kappa shape index (κ2) is 7.40. The highest BCUT2D eigenvalue weighted by atomic mass is 16.5. The molecule has 0 N–H and O–H groups in total. The topological polar surface area (TPSA) is 64.5 Å². The highest BCUT2D eigenvalue weighted by Crippen LogP contribution is 2.22. The van der Waals surface area contributed by atoms with E-state index in [0.29, 0.717) is 25.3 Å². The fourth-order valence-corrected chi connectivity index (χ4v) is 2.62. The van der Waals surface area contributed by atoms with Crippen LogP contribution in [-0.4, -0.2) is 46.6 Å². The van der Waals surface area contributed by atoms with Crippen LogP contribution in [0.15, 0.2) is 42.9 Å². The quantitative estimate of drug-likeness (QED) is 0.863. The number of ether oxygens (including phenoxy) is 2. The van der Waals surface area contributed by atoms with Gasteiger partial charge in [0.05, 0.1) is 31.1 Å². The summed E-state index contributed by atoms with van der Waals surface area (Å²) >= 11 is 0. The Bertz CT molecular complexity index is 674. The summed E-state index contributed by atoms with van der Waals surface area (Å²) in [5.74, 6) is 0.754. The van der Waals surface area contributed by atoms with Gasteiger partial charge in [-0.05, 0) is 38.1 Å². The molecule has 1 aromatic carbocycles. The zero-order chi connectivity index (χ0) is 16.9. The molecule has 6 nitrogen and oxygen atoms in total. The van der Waals surface area contributed by atoms with Crippen LogP contribution >= 0.6 is 0 Å². The first-order chi connectivity index (χ1) is 11.6. The molecule has 1 saturated heterocycles. The number of rotatable bonds is 4. The van der Waals surface area contributed by atoms with E-state index in [1.165, 1.54) is 0 Å². The number of amides is 1. The van der Waals surface area contributed by atoms with Crippen molar-refractivity contribution in [2.45, 2.75) is 26.1 Å². The van der Waals surface area contributed by atoms with Crippen LogP contribution in [0.3, 0.4) is 0 Å². The minimum atomic E-state index is -0.236. The molecule has 0 bridgehead atoms. The van der Waals surface area contributed by atoms with Crippen molar-refractivity contribution in [2.75, 3.05) is 19.7 Å². The second-order valence-corrected chi connectivity index (χ2v) is 5.93. The number of carbonyl (C=O) groups excluding carboxylic acids is 1. The molecule has 0 spiro atoms. The zero-order valence-electron chi connectivity index (χ0n) is 13.9. The van der Waals surface area contributed by atoms with E-state index in [0.717, 1.165) is 11.4 Å². The predicted octanol–water partition coefficient (Wildman–Crippen LogP) is 2.48. The van der Waals surface area contributed by atoms with E-state index in [1.807, 2.05) is 26.0 Å². The molecule has 24 heavy (non-hydrogen) atoms. The molecule has 1 fully saturated rings. The lowest BCUT2D eigenvalue weighted by atomic mass is 10.1. The third-order valence-electron chi connectivity index (χ3n) is 3.74. The van der Waals surface area contributed by atoms with E-state index in [1.54, 1.807) is 35.6 Å². The molecule has 126 valence electrons. The van der Waals surface area contributed by atoms with Gasteiger partial charge in [-0.1, -0.05) is 0 Å². The van der Waals surface area contributed by atoms with Crippen LogP contribution in [-0.2, 0) is 4.74 Å². The Hall–Kier alpha value is -2.47. The normalized spacial score (nSPS) is 17.8. The summed E-state index contributed by atoms with van der Waals surface area (Å²) < 4.78 is 11.3. The van der Waals surface area contributed by atoms with Crippen molar-refractivity contribution in [3.05, 3.63) is 54.1 Å². The van der Waals surface area contributed by atoms with Crippen LogP contribution in [0.5, 0.6) is 5.75 Å². The lowest BCUT2D eigenvalue weighted by Gasteiger charge is -2.32. The molecule has 0 unspecified atom stereocenters. The molecule has 1 aliphatic heterocycles. The molecule has 0 saturated carbocycles. The van der Waals surface area contributed by atoms with Crippen LogP contribution < -0.4 is 4.74 Å². The molecule has 6 heteroatoms. The van der Waals surface area contributed by atoms with Gasteiger partial charge >= 0.3 is 0 Å². The van der Waals surface area contributed by atoms with Crippen LogP contribution in [0.25, 0.3) is 0 Å². The first-order valence-corrected chi connectivity index (χ1v) is 8.07. The van der Waals surface area contributed by atoms with Crippen LogP contribution in [0, 0.1) is 0 Å². The highest BCUT2D eigenvalue weighted by molar-refractivity contribution is 5.94. The molecule has 0 aliphatic carbocycles. The third kappa shape index (κ3) is 3.89. The summed E-state index contributed by atoms with van der Waals surface area (Å²) in [6.07, 6.45) is 4.80. The monoisotopic (exact) mass is 327 g/mol. The molecule has 2 heterocycles. The van der Waals surface area contributed by atoms with E-state index >= 15 is 0 Å². The summed E-state index contributed by atoms with van der Waals surface area (Å²) in [6.45, 7) is 5.47. The van der Waals surface area contributed by atoms with E-state index in [-0.39, 0.29) is 18.1 Å². The molecule has 2 aromatic rings. The Morgan fingerprint density at radius 1 is 1.29 bits per heavy atom. The maximum Gasteiger partial charge on any atom is 0.254 e. The molecule has 0 radical (unpaired) electrons. The largest absolute Gasteiger partial charge is 0.491 e. The molecule has 1 aliphatic rings. The van der Waals surface area contributed by atoms with E-state index in [2.05, 4.69) is 9.97 Å². The Morgan fingerprint density at radius 3 is 2.75 bits per heavy atom. The van der Waals surface area contributed by atoms with E-state index in [4.69, 9.17) is 9.47 Å². The van der Waals surface area contributed by atoms with Crippen molar-refractivity contribution in [3.8, 4) is 5.75 Å². The van der Waals surface area contributed by atoms with Gasteiger partial charge < -0.3 is 14.4 Å². The zero-order valence-corrected chi connectivity index (χ0v) is 13.9. The first-order valence-electron chi connectivity index (χ1n) is 8.07. The predicted molar refractivity (Wildman–Crippen MR) is 88.8 cm³/mol. The van der Waals surface area contributed by atoms with E-state index < -0.39 is 0 Å². The SMILES string of the molecule is CC(C)Oc1ccc(C(=O)N2CCO[C@@H](c3cnccn3)C2)cc1. The summed E-state index contributed by atoms with van der Waals surface area (Å²) in [4.78, 5) is 22.8. The number of morpholine rings is 1. The van der Waals surface area contributed by atoms with Crippen LogP contribution in [0.4, 0.5) is 0 Å². The van der Waals surface area contributed by atoms with Crippen LogP contribution in [0.1, 0.15) is 36.0 Å². The lowest BCUT2D eigenvalue weighted by molar-refractivity contribution is -0.0249. The Morgan fingerprint density at radius 2 is 2.08 bits per heavy atom. The number of benzene rings is 1. The van der Waals surface area contributed by atoms with Gasteiger partial charge in [-0.3, -0.25) is 14.8 Å². The second-order valence-electron chi connectivity index (χ2n) is 5.93. The maximum absolute atomic E-state index is 12.7. The van der Waals surface area contributed by atoms with Gasteiger partial charge in [-0.25, -0.2) is 0 Å². The number of hydrogen-bond acceptors (Lipinski definition) is 5. The van der Waals surface area contributed by atoms with Crippen molar-refractivity contribution in [3.63, 3.8) is 0 Å². The van der Waals surface area contributed by atoms with Gasteiger partial charge in [0.1, 0.15) is 11.9 Å². The Balaban J connectivity index is 1.68. The first kappa shape index (κ1) is 16.4. The molecular formula is C18H21N3O3. The fourth-order valence-electron chi connectivity index (χ4n) is 2.62. The van der Waals surface area contributed by atoms with Gasteiger partial charge in [0, 0.05) is 24.5 Å². The minimum absolute atomic E-state index is 0.0108. The minimum Gasteiger partial charge on any atom is -0.491 e. The van der Waals surface area contributed by atoms with Gasteiger partial charge in [0.2, 0.25) is 0 Å². The molecular weight excluding hydrogens is 306 g/mol. The smallest absolute Gasteiger partial charge is 0.254 e. The van der Waals surface area contributed by atoms with Gasteiger partial charge in [-0.15, -0.1) is 0 Å². The number of hydrogen-bond donors (Lipinski definition) is 0. The fraction of sp³-hybridized carbons (Fsp3) is 0.389. The van der Waals surface area contributed by atoms with Crippen molar-refractivity contribution in [1.29, 1.82) is 0 Å².